The quantitative estimate of drug-likeness (QED) is 0.460. The zero-order valence-corrected chi connectivity index (χ0v) is 22.2. The number of nitrogens with one attached hydrogen (secondary N) is 1. The van der Waals surface area contributed by atoms with E-state index in [-0.39, 0.29) is 36.7 Å². The Balaban J connectivity index is 1.35. The summed E-state index contributed by atoms with van der Waals surface area (Å²) in [6, 6.07) is 7.91. The normalized spacial score (nSPS) is 18.1. The van der Waals surface area contributed by atoms with Crippen molar-refractivity contribution in [3.8, 4) is 5.75 Å². The molecule has 1 heterocycles. The van der Waals surface area contributed by atoms with E-state index in [1.807, 2.05) is 12.1 Å². The average Bonchev–Trinajstić information content (AvgIpc) is 3.64. The van der Waals surface area contributed by atoms with Crippen LogP contribution in [0, 0.1) is 5.82 Å². The number of piperidine rings is 1. The molecule has 36 heavy (non-hydrogen) atoms. The Kier molecular flexibility index (Phi) is 8.14. The molecule has 0 spiro atoms. The number of halogens is 4. The largest absolute Gasteiger partial charge is 0.490 e. The van der Waals surface area contributed by atoms with Gasteiger partial charge < -0.3 is 9.64 Å². The minimum atomic E-state index is -3.84. The number of ether oxygens (including phenoxy) is 1. The monoisotopic (exact) mass is 560 g/mol. The predicted molar refractivity (Wildman–Crippen MR) is 136 cm³/mol. The van der Waals surface area contributed by atoms with Gasteiger partial charge in [-0.25, -0.2) is 21.9 Å². The molecule has 1 aliphatic heterocycles. The molecule has 11 heteroatoms. The van der Waals surface area contributed by atoms with Crippen molar-refractivity contribution in [2.45, 2.75) is 43.7 Å². The first-order valence-corrected chi connectivity index (χ1v) is 14.4. The van der Waals surface area contributed by atoms with Crippen LogP contribution in [-0.4, -0.2) is 57.4 Å². The van der Waals surface area contributed by atoms with E-state index in [0.717, 1.165) is 43.7 Å². The summed E-state index contributed by atoms with van der Waals surface area (Å²) in [5, 5.41) is 1.02. The van der Waals surface area contributed by atoms with Crippen molar-refractivity contribution < 1.29 is 26.7 Å². The van der Waals surface area contributed by atoms with Crippen molar-refractivity contribution in [2.75, 3.05) is 32.5 Å². The SMILES string of the molecule is CS(=O)(=O)NC(=O)c1cc(C2CC2)c(OCC2(F)CCN(CCc3ccc(Cl)c(Cl)c3)CC2)cc1F. The number of nitrogens with zero attached hydrogens (tertiary/aromatic N) is 1. The number of rotatable bonds is 9. The van der Waals surface area contributed by atoms with E-state index in [1.165, 1.54) is 6.07 Å². The van der Waals surface area contributed by atoms with Gasteiger partial charge in [0.1, 0.15) is 23.8 Å². The van der Waals surface area contributed by atoms with E-state index >= 15 is 4.39 Å². The van der Waals surface area contributed by atoms with Gasteiger partial charge in [-0.15, -0.1) is 0 Å². The molecule has 1 aliphatic carbocycles. The maximum absolute atomic E-state index is 15.5. The number of alkyl halides is 1. The van der Waals surface area contributed by atoms with Crippen molar-refractivity contribution in [3.63, 3.8) is 0 Å². The van der Waals surface area contributed by atoms with Gasteiger partial charge in [-0.1, -0.05) is 29.3 Å². The lowest BCUT2D eigenvalue weighted by molar-refractivity contribution is 0.0174. The lowest BCUT2D eigenvalue weighted by Crippen LogP contribution is -2.45. The highest BCUT2D eigenvalue weighted by Gasteiger charge is 2.36. The summed E-state index contributed by atoms with van der Waals surface area (Å²) in [5.74, 6) is -1.69. The number of carbonyl (C=O) groups excluding carboxylic acids is 1. The highest BCUT2D eigenvalue weighted by molar-refractivity contribution is 7.89. The first kappa shape index (κ1) is 27.1. The van der Waals surface area contributed by atoms with Gasteiger partial charge in [-0.3, -0.25) is 4.79 Å². The van der Waals surface area contributed by atoms with Crippen LogP contribution in [0.5, 0.6) is 5.75 Å². The van der Waals surface area contributed by atoms with Gasteiger partial charge in [0, 0.05) is 25.7 Å². The molecule has 6 nitrogen and oxygen atoms in total. The number of sulfonamides is 1. The lowest BCUT2D eigenvalue weighted by atomic mass is 9.94. The minimum Gasteiger partial charge on any atom is -0.490 e. The van der Waals surface area contributed by atoms with Crippen LogP contribution in [0.25, 0.3) is 0 Å². The molecule has 0 radical (unpaired) electrons. The number of amides is 1. The zero-order valence-electron chi connectivity index (χ0n) is 19.8. The van der Waals surface area contributed by atoms with Gasteiger partial charge in [-0.05, 0) is 67.3 Å². The van der Waals surface area contributed by atoms with E-state index in [2.05, 4.69) is 4.90 Å². The molecule has 1 amide bonds. The van der Waals surface area contributed by atoms with Crippen LogP contribution in [0.4, 0.5) is 8.78 Å². The second-order valence-electron chi connectivity index (χ2n) is 9.63. The summed E-state index contributed by atoms with van der Waals surface area (Å²) in [7, 11) is -3.84. The van der Waals surface area contributed by atoms with Gasteiger partial charge in [-0.2, -0.15) is 0 Å². The Bertz CT molecular complexity index is 1250. The minimum absolute atomic E-state index is 0.0733. The Morgan fingerprint density at radius 3 is 2.47 bits per heavy atom. The first-order valence-electron chi connectivity index (χ1n) is 11.8. The predicted octanol–water partition coefficient (Wildman–Crippen LogP) is 5.12. The Labute approximate surface area is 220 Å². The van der Waals surface area contributed by atoms with Gasteiger partial charge in [0.2, 0.25) is 10.0 Å². The van der Waals surface area contributed by atoms with Gasteiger partial charge in [0.05, 0.1) is 21.9 Å². The van der Waals surface area contributed by atoms with Crippen LogP contribution in [0.3, 0.4) is 0 Å². The number of carbonyl (C=O) groups is 1. The van der Waals surface area contributed by atoms with E-state index in [9.17, 15) is 17.6 Å². The fourth-order valence-electron chi connectivity index (χ4n) is 4.32. The van der Waals surface area contributed by atoms with Gasteiger partial charge >= 0.3 is 0 Å². The second kappa shape index (κ2) is 10.8. The molecule has 2 aliphatic rings. The first-order chi connectivity index (χ1) is 16.9. The van der Waals surface area contributed by atoms with Crippen LogP contribution in [-0.2, 0) is 16.4 Å². The average molecular weight is 561 g/mol. The highest BCUT2D eigenvalue weighted by Crippen LogP contribution is 2.45. The molecule has 0 atom stereocenters. The smallest absolute Gasteiger partial charge is 0.267 e. The van der Waals surface area contributed by atoms with E-state index in [4.69, 9.17) is 27.9 Å². The van der Waals surface area contributed by atoms with E-state index < -0.39 is 27.4 Å². The Hall–Kier alpha value is -1.94. The molecular formula is C25H28Cl2F2N2O4S. The maximum Gasteiger partial charge on any atom is 0.267 e. The number of hydrogen-bond acceptors (Lipinski definition) is 5. The van der Waals surface area contributed by atoms with Gasteiger partial charge in [0.15, 0.2) is 0 Å². The molecule has 2 aromatic carbocycles. The third-order valence-corrected chi connectivity index (χ3v) is 7.87. The summed E-state index contributed by atoms with van der Waals surface area (Å²) < 4.78 is 60.5. The molecule has 196 valence electrons. The van der Waals surface area contributed by atoms with Crippen molar-refractivity contribution in [1.82, 2.24) is 9.62 Å². The third kappa shape index (κ3) is 7.09. The molecule has 0 bridgehead atoms. The van der Waals surface area contributed by atoms with E-state index in [0.29, 0.717) is 28.7 Å². The molecule has 2 aromatic rings. The molecule has 4 rings (SSSR count). The second-order valence-corrected chi connectivity index (χ2v) is 12.2. The number of likely N-dealkylation sites (tertiary alicyclic amines) is 1. The molecular weight excluding hydrogens is 533 g/mol. The summed E-state index contributed by atoms with van der Waals surface area (Å²) in [6.45, 7) is 1.68. The third-order valence-electron chi connectivity index (χ3n) is 6.58. The molecule has 1 saturated heterocycles. The van der Waals surface area contributed by atoms with E-state index in [1.54, 1.807) is 10.8 Å². The van der Waals surface area contributed by atoms with Crippen LogP contribution in [0.2, 0.25) is 10.0 Å². The number of hydrogen-bond donors (Lipinski definition) is 1. The Morgan fingerprint density at radius 1 is 1.17 bits per heavy atom. The van der Waals surface area contributed by atoms with Crippen molar-refractivity contribution in [1.29, 1.82) is 0 Å². The fraction of sp³-hybridized carbons (Fsp3) is 0.480. The van der Waals surface area contributed by atoms with Crippen molar-refractivity contribution in [3.05, 3.63) is 62.9 Å². The van der Waals surface area contributed by atoms with Gasteiger partial charge in [0.25, 0.3) is 5.91 Å². The Morgan fingerprint density at radius 2 is 1.86 bits per heavy atom. The number of benzene rings is 2. The summed E-state index contributed by atoms with van der Waals surface area (Å²) in [5.41, 5.74) is -0.269. The van der Waals surface area contributed by atoms with Crippen LogP contribution in [0.1, 0.15) is 53.1 Å². The molecule has 2 fully saturated rings. The van der Waals surface area contributed by atoms with Crippen LogP contribution in [0.15, 0.2) is 30.3 Å². The van der Waals surface area contributed by atoms with Crippen LogP contribution >= 0.6 is 23.2 Å². The summed E-state index contributed by atoms with van der Waals surface area (Å²) in [6.07, 6.45) is 3.83. The lowest BCUT2D eigenvalue weighted by Gasteiger charge is -2.36. The van der Waals surface area contributed by atoms with Crippen LogP contribution < -0.4 is 9.46 Å². The topological polar surface area (TPSA) is 75.7 Å². The molecule has 0 unspecified atom stereocenters. The zero-order chi connectivity index (χ0) is 26.1. The fourth-order valence-corrected chi connectivity index (χ4v) is 5.09. The molecule has 0 aromatic heterocycles. The highest BCUT2D eigenvalue weighted by atomic mass is 35.5. The standard InChI is InChI=1S/C25H28Cl2F2N2O4S/c1-36(33,34)30-24(32)19-13-18(17-3-4-17)23(14-22(19)28)35-15-25(29)7-10-31(11-8-25)9-6-16-2-5-20(26)21(27)12-16/h2,5,12-14,17H,3-4,6-11,15H2,1H3,(H,30,32). The molecule has 1 N–H and O–H groups in total. The maximum atomic E-state index is 15.5. The van der Waals surface area contributed by atoms with Crippen molar-refractivity contribution in [2.24, 2.45) is 0 Å². The summed E-state index contributed by atoms with van der Waals surface area (Å²) in [4.78, 5) is 14.4. The molecule has 1 saturated carbocycles. The van der Waals surface area contributed by atoms with Crippen molar-refractivity contribution >= 4 is 39.1 Å². The summed E-state index contributed by atoms with van der Waals surface area (Å²) >= 11 is 12.0.